The van der Waals surface area contributed by atoms with Crippen LogP contribution in [0.4, 0.5) is 5.69 Å². The standard InChI is InChI=1S/C16H22N2O3/c1-3-4-7-10-17-16(20)15-11-18(12(2)19)13-8-5-6-9-14(13)21-15/h5-6,8-9,15H,3-4,7,10-11H2,1-2H3,(H,17,20). The molecule has 0 radical (unpaired) electrons. The van der Waals surface area contributed by atoms with Crippen LogP contribution in [0.15, 0.2) is 24.3 Å². The molecule has 0 aromatic heterocycles. The van der Waals surface area contributed by atoms with E-state index in [1.165, 1.54) is 6.92 Å². The number of nitrogens with one attached hydrogen (secondary N) is 1. The molecule has 5 nitrogen and oxygen atoms in total. The maximum absolute atomic E-state index is 12.2. The third-order valence-corrected chi connectivity index (χ3v) is 3.53. The number of carbonyl (C=O) groups is 2. The van der Waals surface area contributed by atoms with Crippen LogP contribution in [0, 0.1) is 0 Å². The number of ether oxygens (including phenoxy) is 1. The molecule has 1 aliphatic rings. The normalized spacial score (nSPS) is 16.9. The highest BCUT2D eigenvalue weighted by molar-refractivity contribution is 5.95. The van der Waals surface area contributed by atoms with Crippen LogP contribution in [0.2, 0.25) is 0 Å². The summed E-state index contributed by atoms with van der Waals surface area (Å²) in [5.74, 6) is 0.328. The maximum atomic E-state index is 12.2. The monoisotopic (exact) mass is 290 g/mol. The van der Waals surface area contributed by atoms with Gasteiger partial charge in [-0.05, 0) is 18.6 Å². The number of rotatable bonds is 5. The fraction of sp³-hybridized carbons (Fsp3) is 0.500. The molecule has 0 bridgehead atoms. The smallest absolute Gasteiger partial charge is 0.262 e. The van der Waals surface area contributed by atoms with Crippen LogP contribution in [0.1, 0.15) is 33.1 Å². The Morgan fingerprint density at radius 3 is 2.81 bits per heavy atom. The molecule has 1 aromatic carbocycles. The van der Waals surface area contributed by atoms with Crippen LogP contribution >= 0.6 is 0 Å². The second-order valence-electron chi connectivity index (χ2n) is 5.20. The van der Waals surface area contributed by atoms with E-state index in [0.717, 1.165) is 24.9 Å². The number of para-hydroxylation sites is 2. The topological polar surface area (TPSA) is 58.6 Å². The van der Waals surface area contributed by atoms with Gasteiger partial charge in [-0.2, -0.15) is 0 Å². The Balaban J connectivity index is 2.03. The zero-order chi connectivity index (χ0) is 15.2. The summed E-state index contributed by atoms with van der Waals surface area (Å²) in [4.78, 5) is 25.5. The van der Waals surface area contributed by atoms with Gasteiger partial charge in [-0.25, -0.2) is 0 Å². The first kappa shape index (κ1) is 15.4. The van der Waals surface area contributed by atoms with Crippen molar-refractivity contribution in [3.8, 4) is 5.75 Å². The van der Waals surface area contributed by atoms with Crippen molar-refractivity contribution in [3.05, 3.63) is 24.3 Å². The second kappa shape index (κ2) is 7.11. The Hall–Kier alpha value is -2.04. The summed E-state index contributed by atoms with van der Waals surface area (Å²) in [5, 5.41) is 2.88. The summed E-state index contributed by atoms with van der Waals surface area (Å²) in [6.45, 7) is 4.52. The van der Waals surface area contributed by atoms with E-state index in [2.05, 4.69) is 12.2 Å². The lowest BCUT2D eigenvalue weighted by molar-refractivity contribution is -0.128. The molecule has 1 aliphatic heterocycles. The number of anilines is 1. The molecule has 1 atom stereocenters. The molecule has 0 fully saturated rings. The molecule has 1 aromatic rings. The molecular formula is C16H22N2O3. The van der Waals surface area contributed by atoms with Crippen molar-refractivity contribution in [2.24, 2.45) is 0 Å². The van der Waals surface area contributed by atoms with E-state index < -0.39 is 6.10 Å². The van der Waals surface area contributed by atoms with Gasteiger partial charge in [-0.15, -0.1) is 0 Å². The van der Waals surface area contributed by atoms with Crippen molar-refractivity contribution in [3.63, 3.8) is 0 Å². The minimum atomic E-state index is -0.648. The van der Waals surface area contributed by atoms with Crippen LogP contribution in [0.25, 0.3) is 0 Å². The van der Waals surface area contributed by atoms with Crippen molar-refractivity contribution in [2.45, 2.75) is 39.2 Å². The molecule has 0 spiro atoms. The molecule has 2 amide bonds. The van der Waals surface area contributed by atoms with Gasteiger partial charge < -0.3 is 15.0 Å². The number of nitrogens with zero attached hydrogens (tertiary/aromatic N) is 1. The Morgan fingerprint density at radius 1 is 1.33 bits per heavy atom. The lowest BCUT2D eigenvalue weighted by atomic mass is 10.1. The highest BCUT2D eigenvalue weighted by atomic mass is 16.5. The van der Waals surface area contributed by atoms with Gasteiger partial charge in [0.05, 0.1) is 12.2 Å². The van der Waals surface area contributed by atoms with Crippen LogP contribution < -0.4 is 15.0 Å². The predicted octanol–water partition coefficient (Wildman–Crippen LogP) is 2.11. The van der Waals surface area contributed by atoms with Crippen LogP contribution in [-0.4, -0.2) is 31.0 Å². The molecule has 0 saturated carbocycles. The molecule has 1 N–H and O–H groups in total. The van der Waals surface area contributed by atoms with E-state index in [0.29, 0.717) is 12.3 Å². The molecule has 114 valence electrons. The summed E-state index contributed by atoms with van der Waals surface area (Å²) in [6.07, 6.45) is 2.52. The van der Waals surface area contributed by atoms with Gasteiger partial charge in [0.2, 0.25) is 5.91 Å². The lowest BCUT2D eigenvalue weighted by Gasteiger charge is -2.33. The van der Waals surface area contributed by atoms with E-state index in [9.17, 15) is 9.59 Å². The van der Waals surface area contributed by atoms with Gasteiger partial charge >= 0.3 is 0 Å². The van der Waals surface area contributed by atoms with Crippen LogP contribution in [-0.2, 0) is 9.59 Å². The fourth-order valence-corrected chi connectivity index (χ4v) is 2.37. The number of fused-ring (bicyclic) bond motifs is 1. The van der Waals surface area contributed by atoms with Crippen LogP contribution in [0.5, 0.6) is 5.75 Å². The van der Waals surface area contributed by atoms with Gasteiger partial charge in [0.25, 0.3) is 5.91 Å². The average molecular weight is 290 g/mol. The average Bonchev–Trinajstić information content (AvgIpc) is 2.50. The molecule has 5 heteroatoms. The Bertz CT molecular complexity index is 516. The summed E-state index contributed by atoms with van der Waals surface area (Å²) < 4.78 is 5.73. The first-order valence-electron chi connectivity index (χ1n) is 7.45. The SMILES string of the molecule is CCCCCNC(=O)C1CN(C(C)=O)c2ccccc2O1. The van der Waals surface area contributed by atoms with Gasteiger partial charge in [0.15, 0.2) is 6.10 Å². The van der Waals surface area contributed by atoms with Crippen molar-refractivity contribution < 1.29 is 14.3 Å². The third-order valence-electron chi connectivity index (χ3n) is 3.53. The molecule has 0 saturated heterocycles. The molecule has 1 unspecified atom stereocenters. The minimum Gasteiger partial charge on any atom is -0.477 e. The third kappa shape index (κ3) is 3.74. The summed E-state index contributed by atoms with van der Waals surface area (Å²) in [7, 11) is 0. The lowest BCUT2D eigenvalue weighted by Crippen LogP contribution is -2.50. The van der Waals surface area contributed by atoms with E-state index in [1.807, 2.05) is 18.2 Å². The highest BCUT2D eigenvalue weighted by Gasteiger charge is 2.32. The van der Waals surface area contributed by atoms with Crippen molar-refractivity contribution in [1.82, 2.24) is 5.32 Å². The molecule has 2 rings (SSSR count). The molecule has 0 aliphatic carbocycles. The Morgan fingerprint density at radius 2 is 2.10 bits per heavy atom. The summed E-state index contributed by atoms with van der Waals surface area (Å²) in [6, 6.07) is 7.29. The van der Waals surface area contributed by atoms with Gasteiger partial charge in [-0.1, -0.05) is 31.9 Å². The van der Waals surface area contributed by atoms with E-state index in [4.69, 9.17) is 4.74 Å². The van der Waals surface area contributed by atoms with Crippen molar-refractivity contribution in [1.29, 1.82) is 0 Å². The number of carbonyl (C=O) groups excluding carboxylic acids is 2. The number of unbranched alkanes of at least 4 members (excludes halogenated alkanes) is 2. The van der Waals surface area contributed by atoms with Crippen molar-refractivity contribution in [2.75, 3.05) is 18.0 Å². The number of hydrogen-bond donors (Lipinski definition) is 1. The van der Waals surface area contributed by atoms with E-state index in [1.54, 1.807) is 11.0 Å². The predicted molar refractivity (Wildman–Crippen MR) is 81.4 cm³/mol. The molecule has 21 heavy (non-hydrogen) atoms. The molecule has 1 heterocycles. The largest absolute Gasteiger partial charge is 0.477 e. The first-order chi connectivity index (χ1) is 10.1. The van der Waals surface area contributed by atoms with E-state index in [-0.39, 0.29) is 18.4 Å². The fourth-order valence-electron chi connectivity index (χ4n) is 2.37. The summed E-state index contributed by atoms with van der Waals surface area (Å²) >= 11 is 0. The van der Waals surface area contributed by atoms with Crippen molar-refractivity contribution >= 4 is 17.5 Å². The maximum Gasteiger partial charge on any atom is 0.262 e. The van der Waals surface area contributed by atoms with Gasteiger partial charge in [0, 0.05) is 13.5 Å². The highest BCUT2D eigenvalue weighted by Crippen LogP contribution is 2.33. The van der Waals surface area contributed by atoms with E-state index >= 15 is 0 Å². The number of amides is 2. The summed E-state index contributed by atoms with van der Waals surface area (Å²) in [5.41, 5.74) is 0.722. The zero-order valence-electron chi connectivity index (χ0n) is 12.6. The molecular weight excluding hydrogens is 268 g/mol. The Kier molecular flexibility index (Phi) is 5.20. The Labute approximate surface area is 125 Å². The quantitative estimate of drug-likeness (QED) is 0.845. The second-order valence-corrected chi connectivity index (χ2v) is 5.20. The zero-order valence-corrected chi connectivity index (χ0v) is 12.6. The van der Waals surface area contributed by atoms with Crippen LogP contribution in [0.3, 0.4) is 0 Å². The first-order valence-corrected chi connectivity index (χ1v) is 7.45. The minimum absolute atomic E-state index is 0.0884. The van der Waals surface area contributed by atoms with Gasteiger partial charge in [-0.3, -0.25) is 9.59 Å². The van der Waals surface area contributed by atoms with Gasteiger partial charge in [0.1, 0.15) is 5.75 Å². The number of benzene rings is 1. The number of hydrogen-bond acceptors (Lipinski definition) is 3.